The van der Waals surface area contributed by atoms with Crippen molar-refractivity contribution >= 4 is 10.0 Å². The standard InChI is InChI=1S/C14H26N2O4S/c1-15(21(17,18)14-9-20-10-14)13-7-11-3-4-12(8-13)16(11)5-6-19-2/h11-14H,3-10H2,1-2H3. The molecule has 21 heavy (non-hydrogen) atoms. The first-order valence-electron chi connectivity index (χ1n) is 7.83. The van der Waals surface area contributed by atoms with Crippen LogP contribution in [-0.4, -0.2) is 81.5 Å². The lowest BCUT2D eigenvalue weighted by Crippen LogP contribution is -2.55. The van der Waals surface area contributed by atoms with E-state index < -0.39 is 10.0 Å². The van der Waals surface area contributed by atoms with E-state index in [9.17, 15) is 8.42 Å². The summed E-state index contributed by atoms with van der Waals surface area (Å²) in [6, 6.07) is 1.17. The monoisotopic (exact) mass is 318 g/mol. The van der Waals surface area contributed by atoms with Crippen LogP contribution in [0.5, 0.6) is 0 Å². The van der Waals surface area contributed by atoms with Gasteiger partial charge in [-0.2, -0.15) is 0 Å². The van der Waals surface area contributed by atoms with Gasteiger partial charge in [-0.15, -0.1) is 0 Å². The number of hydrogen-bond donors (Lipinski definition) is 0. The molecular formula is C14H26N2O4S. The Morgan fingerprint density at radius 1 is 1.24 bits per heavy atom. The second-order valence-corrected chi connectivity index (χ2v) is 8.73. The van der Waals surface area contributed by atoms with E-state index >= 15 is 0 Å². The molecule has 3 fully saturated rings. The lowest BCUT2D eigenvalue weighted by atomic mass is 9.97. The summed E-state index contributed by atoms with van der Waals surface area (Å²) < 4.78 is 36.9. The minimum absolute atomic E-state index is 0.145. The SMILES string of the molecule is COCCN1C2CCC1CC(N(C)S(=O)(=O)C1COC1)C2. The number of hydrogen-bond acceptors (Lipinski definition) is 5. The van der Waals surface area contributed by atoms with Crippen molar-refractivity contribution in [3.05, 3.63) is 0 Å². The molecule has 0 saturated carbocycles. The molecule has 0 spiro atoms. The number of rotatable bonds is 6. The maximum atomic E-state index is 12.5. The third kappa shape index (κ3) is 2.86. The van der Waals surface area contributed by atoms with Gasteiger partial charge < -0.3 is 9.47 Å². The highest BCUT2D eigenvalue weighted by Gasteiger charge is 2.45. The molecule has 0 amide bonds. The average molecular weight is 318 g/mol. The summed E-state index contributed by atoms with van der Waals surface area (Å²) in [5.41, 5.74) is 0. The lowest BCUT2D eigenvalue weighted by molar-refractivity contribution is 0.0359. The molecule has 7 heteroatoms. The Kier molecular flexibility index (Phi) is 4.57. The smallest absolute Gasteiger partial charge is 0.221 e. The molecule has 122 valence electrons. The fraction of sp³-hybridized carbons (Fsp3) is 1.00. The lowest BCUT2D eigenvalue weighted by Gasteiger charge is -2.43. The van der Waals surface area contributed by atoms with Gasteiger partial charge in [0.1, 0.15) is 5.25 Å². The van der Waals surface area contributed by atoms with Gasteiger partial charge in [-0.3, -0.25) is 4.90 Å². The van der Waals surface area contributed by atoms with E-state index in [-0.39, 0.29) is 11.3 Å². The molecule has 2 bridgehead atoms. The number of nitrogens with zero attached hydrogens (tertiary/aromatic N) is 2. The third-order valence-corrected chi connectivity index (χ3v) is 7.57. The number of ether oxygens (including phenoxy) is 2. The summed E-state index contributed by atoms with van der Waals surface area (Å²) in [5.74, 6) is 0. The highest BCUT2D eigenvalue weighted by Crippen LogP contribution is 2.38. The number of piperidine rings is 1. The van der Waals surface area contributed by atoms with Crippen LogP contribution >= 0.6 is 0 Å². The Morgan fingerprint density at radius 2 is 1.86 bits per heavy atom. The Balaban J connectivity index is 1.64. The van der Waals surface area contributed by atoms with Gasteiger partial charge in [-0.05, 0) is 25.7 Å². The van der Waals surface area contributed by atoms with Crippen molar-refractivity contribution in [3.63, 3.8) is 0 Å². The van der Waals surface area contributed by atoms with Crippen LogP contribution in [0.15, 0.2) is 0 Å². The summed E-state index contributed by atoms with van der Waals surface area (Å²) in [4.78, 5) is 2.52. The minimum Gasteiger partial charge on any atom is -0.383 e. The Hall–Kier alpha value is -0.210. The fourth-order valence-electron chi connectivity index (χ4n) is 3.93. The summed E-state index contributed by atoms with van der Waals surface area (Å²) in [6.07, 6.45) is 4.27. The van der Waals surface area contributed by atoms with Crippen molar-refractivity contribution in [3.8, 4) is 0 Å². The zero-order chi connectivity index (χ0) is 15.0. The van der Waals surface area contributed by atoms with Crippen LogP contribution in [0.25, 0.3) is 0 Å². The zero-order valence-electron chi connectivity index (χ0n) is 12.9. The van der Waals surface area contributed by atoms with Crippen molar-refractivity contribution in [2.24, 2.45) is 0 Å². The first-order chi connectivity index (χ1) is 10.0. The van der Waals surface area contributed by atoms with Crippen LogP contribution in [-0.2, 0) is 19.5 Å². The quantitative estimate of drug-likeness (QED) is 0.704. The fourth-order valence-corrected chi connectivity index (χ4v) is 5.53. The number of sulfonamides is 1. The second-order valence-electron chi connectivity index (χ2n) is 6.46. The predicted octanol–water partition coefficient (Wildman–Crippen LogP) is 0.289. The molecule has 0 N–H and O–H groups in total. The van der Waals surface area contributed by atoms with Crippen molar-refractivity contribution in [1.29, 1.82) is 0 Å². The average Bonchev–Trinajstić information content (AvgIpc) is 2.62. The van der Waals surface area contributed by atoms with Gasteiger partial charge >= 0.3 is 0 Å². The molecule has 0 aliphatic carbocycles. The second kappa shape index (κ2) is 6.12. The van der Waals surface area contributed by atoms with Crippen LogP contribution in [0, 0.1) is 0 Å². The van der Waals surface area contributed by atoms with E-state index in [1.807, 2.05) is 0 Å². The Morgan fingerprint density at radius 3 is 2.33 bits per heavy atom. The first kappa shape index (κ1) is 15.7. The Labute approximate surface area is 127 Å². The van der Waals surface area contributed by atoms with Crippen molar-refractivity contribution in [2.45, 2.75) is 49.1 Å². The van der Waals surface area contributed by atoms with E-state index in [0.29, 0.717) is 25.3 Å². The molecule has 0 aromatic rings. The van der Waals surface area contributed by atoms with Crippen molar-refractivity contribution in [1.82, 2.24) is 9.21 Å². The van der Waals surface area contributed by atoms with Gasteiger partial charge in [0.05, 0.1) is 19.8 Å². The van der Waals surface area contributed by atoms with E-state index in [0.717, 1.165) is 26.0 Å². The molecule has 2 unspecified atom stereocenters. The summed E-state index contributed by atoms with van der Waals surface area (Å²) >= 11 is 0. The maximum Gasteiger partial charge on any atom is 0.221 e. The largest absolute Gasteiger partial charge is 0.383 e. The number of methoxy groups -OCH3 is 1. The molecule has 3 rings (SSSR count). The predicted molar refractivity (Wildman–Crippen MR) is 79.7 cm³/mol. The third-order valence-electron chi connectivity index (χ3n) is 5.36. The van der Waals surface area contributed by atoms with Crippen LogP contribution < -0.4 is 0 Å². The Bertz CT molecular complexity index is 452. The topological polar surface area (TPSA) is 59.1 Å². The molecule has 3 aliphatic rings. The van der Waals surface area contributed by atoms with Crippen LogP contribution in [0.1, 0.15) is 25.7 Å². The minimum atomic E-state index is -3.19. The summed E-state index contributed by atoms with van der Waals surface area (Å²) in [5, 5.41) is -0.327. The van der Waals surface area contributed by atoms with Gasteiger partial charge in [-0.25, -0.2) is 12.7 Å². The van der Waals surface area contributed by atoms with Gasteiger partial charge in [0, 0.05) is 38.8 Å². The number of fused-ring (bicyclic) bond motifs is 2. The van der Waals surface area contributed by atoms with Crippen LogP contribution in [0.2, 0.25) is 0 Å². The van der Waals surface area contributed by atoms with E-state index in [2.05, 4.69) is 4.90 Å². The summed E-state index contributed by atoms with van der Waals surface area (Å²) in [6.45, 7) is 2.43. The molecular weight excluding hydrogens is 292 g/mol. The highest BCUT2D eigenvalue weighted by molar-refractivity contribution is 7.89. The molecule has 3 saturated heterocycles. The van der Waals surface area contributed by atoms with Crippen LogP contribution in [0.3, 0.4) is 0 Å². The molecule has 6 nitrogen and oxygen atoms in total. The highest BCUT2D eigenvalue weighted by atomic mass is 32.2. The van der Waals surface area contributed by atoms with Gasteiger partial charge in [-0.1, -0.05) is 0 Å². The van der Waals surface area contributed by atoms with Crippen molar-refractivity contribution in [2.75, 3.05) is 40.5 Å². The van der Waals surface area contributed by atoms with Crippen molar-refractivity contribution < 1.29 is 17.9 Å². The normalized spacial score (nSPS) is 34.3. The van der Waals surface area contributed by atoms with Crippen LogP contribution in [0.4, 0.5) is 0 Å². The molecule has 3 aliphatic heterocycles. The molecule has 3 heterocycles. The molecule has 0 aromatic carbocycles. The van der Waals surface area contributed by atoms with E-state index in [1.165, 1.54) is 12.8 Å². The summed E-state index contributed by atoms with van der Waals surface area (Å²) in [7, 11) is 0.294. The van der Waals surface area contributed by atoms with E-state index in [1.54, 1.807) is 18.5 Å². The molecule has 0 aromatic heterocycles. The van der Waals surface area contributed by atoms with Gasteiger partial charge in [0.15, 0.2) is 0 Å². The molecule has 0 radical (unpaired) electrons. The zero-order valence-corrected chi connectivity index (χ0v) is 13.7. The molecule has 2 atom stereocenters. The maximum absolute atomic E-state index is 12.5. The van der Waals surface area contributed by atoms with E-state index in [4.69, 9.17) is 9.47 Å². The van der Waals surface area contributed by atoms with Gasteiger partial charge in [0.2, 0.25) is 10.0 Å². The first-order valence-corrected chi connectivity index (χ1v) is 9.33. The van der Waals surface area contributed by atoms with Gasteiger partial charge in [0.25, 0.3) is 0 Å².